The number of hydrogen-bond acceptors (Lipinski definition) is 4. The molecule has 1 rings (SSSR count). The fourth-order valence-corrected chi connectivity index (χ4v) is 1.54. The van der Waals surface area contributed by atoms with Crippen LogP contribution in [0, 0.1) is 0 Å². The molecule has 0 aromatic heterocycles. The summed E-state index contributed by atoms with van der Waals surface area (Å²) >= 11 is 0. The minimum Gasteiger partial charge on any atom is -0.469 e. The van der Waals surface area contributed by atoms with Gasteiger partial charge in [-0.05, 0) is 19.0 Å². The van der Waals surface area contributed by atoms with Gasteiger partial charge in [-0.1, -0.05) is 18.2 Å². The molecule has 6 heteroatoms. The van der Waals surface area contributed by atoms with Gasteiger partial charge in [-0.15, -0.1) is 0 Å². The minimum absolute atomic E-state index is 0.165. The van der Waals surface area contributed by atoms with E-state index < -0.39 is 6.61 Å². The monoisotopic (exact) mass is 273 g/mol. The van der Waals surface area contributed by atoms with Gasteiger partial charge in [0.05, 0.1) is 7.11 Å². The molecule has 0 spiro atoms. The molecular formula is C13H17F2NO3. The molecule has 0 heterocycles. The van der Waals surface area contributed by atoms with Crippen LogP contribution in [0.15, 0.2) is 24.3 Å². The Labute approximate surface area is 110 Å². The van der Waals surface area contributed by atoms with Crippen molar-refractivity contribution in [3.8, 4) is 5.75 Å². The van der Waals surface area contributed by atoms with E-state index in [2.05, 4.69) is 14.8 Å². The van der Waals surface area contributed by atoms with Crippen LogP contribution in [0.4, 0.5) is 8.78 Å². The molecule has 0 atom stereocenters. The second-order valence-electron chi connectivity index (χ2n) is 3.84. The maximum absolute atomic E-state index is 12.2. The highest BCUT2D eigenvalue weighted by Crippen LogP contribution is 2.19. The van der Waals surface area contributed by atoms with Crippen molar-refractivity contribution < 1.29 is 23.0 Å². The maximum atomic E-state index is 12.2. The number of halogens is 2. The number of methoxy groups -OCH3 is 1. The number of nitrogens with one attached hydrogen (secondary N) is 1. The summed E-state index contributed by atoms with van der Waals surface area (Å²) in [5, 5.41) is 3.06. The molecule has 0 saturated heterocycles. The van der Waals surface area contributed by atoms with Crippen molar-refractivity contribution in [1.29, 1.82) is 0 Å². The number of para-hydroxylation sites is 1. The summed E-state index contributed by atoms with van der Waals surface area (Å²) in [6.07, 6.45) is 0.962. The second kappa shape index (κ2) is 8.42. The molecule has 0 saturated carbocycles. The first-order chi connectivity index (χ1) is 9.13. The van der Waals surface area contributed by atoms with Crippen LogP contribution in [0.5, 0.6) is 5.75 Å². The summed E-state index contributed by atoms with van der Waals surface area (Å²) in [7, 11) is 1.34. The Morgan fingerprint density at radius 2 is 2.11 bits per heavy atom. The predicted molar refractivity (Wildman–Crippen MR) is 66.0 cm³/mol. The predicted octanol–water partition coefficient (Wildman–Crippen LogP) is 2.33. The van der Waals surface area contributed by atoms with Gasteiger partial charge >= 0.3 is 12.6 Å². The van der Waals surface area contributed by atoms with Crippen molar-refractivity contribution in [3.05, 3.63) is 29.8 Å². The Bertz CT molecular complexity index is 399. The van der Waals surface area contributed by atoms with E-state index in [1.54, 1.807) is 18.2 Å². The van der Waals surface area contributed by atoms with E-state index in [1.807, 2.05) is 0 Å². The number of alkyl halides is 2. The normalized spacial score (nSPS) is 10.5. The zero-order chi connectivity index (χ0) is 14.1. The Hall–Kier alpha value is -1.69. The zero-order valence-corrected chi connectivity index (χ0v) is 10.7. The number of carbonyl (C=O) groups excluding carboxylic acids is 1. The third kappa shape index (κ3) is 6.15. The molecule has 19 heavy (non-hydrogen) atoms. The molecule has 0 radical (unpaired) electrons. The first-order valence-electron chi connectivity index (χ1n) is 5.93. The van der Waals surface area contributed by atoms with Crippen LogP contribution in [0.1, 0.15) is 18.4 Å². The summed E-state index contributed by atoms with van der Waals surface area (Å²) in [5.41, 5.74) is 0.654. The Balaban J connectivity index is 2.34. The van der Waals surface area contributed by atoms with Gasteiger partial charge in [-0.25, -0.2) is 0 Å². The second-order valence-corrected chi connectivity index (χ2v) is 3.84. The van der Waals surface area contributed by atoms with Crippen LogP contribution in [-0.4, -0.2) is 26.2 Å². The molecule has 1 aromatic rings. The van der Waals surface area contributed by atoms with Crippen LogP contribution < -0.4 is 10.1 Å². The summed E-state index contributed by atoms with van der Waals surface area (Å²) < 4.78 is 33.3. The molecule has 4 nitrogen and oxygen atoms in total. The van der Waals surface area contributed by atoms with E-state index >= 15 is 0 Å². The number of ether oxygens (including phenoxy) is 2. The number of carbonyl (C=O) groups is 1. The molecule has 0 bridgehead atoms. The maximum Gasteiger partial charge on any atom is 0.387 e. The van der Waals surface area contributed by atoms with Crippen molar-refractivity contribution in [2.45, 2.75) is 26.0 Å². The minimum atomic E-state index is -2.83. The fourth-order valence-electron chi connectivity index (χ4n) is 1.54. The van der Waals surface area contributed by atoms with Crippen molar-refractivity contribution >= 4 is 5.97 Å². The molecular weight excluding hydrogens is 256 g/mol. The number of benzene rings is 1. The Morgan fingerprint density at radius 3 is 2.79 bits per heavy atom. The highest BCUT2D eigenvalue weighted by molar-refractivity contribution is 5.69. The lowest BCUT2D eigenvalue weighted by atomic mass is 10.2. The third-order valence-electron chi connectivity index (χ3n) is 2.47. The van der Waals surface area contributed by atoms with Crippen molar-refractivity contribution in [2.75, 3.05) is 13.7 Å². The Morgan fingerprint density at radius 1 is 1.37 bits per heavy atom. The van der Waals surface area contributed by atoms with Crippen molar-refractivity contribution in [1.82, 2.24) is 5.32 Å². The van der Waals surface area contributed by atoms with Gasteiger partial charge in [0.2, 0.25) is 0 Å². The summed E-state index contributed by atoms with van der Waals surface area (Å²) in [4.78, 5) is 10.9. The lowest BCUT2D eigenvalue weighted by Gasteiger charge is -2.11. The topological polar surface area (TPSA) is 47.6 Å². The van der Waals surface area contributed by atoms with E-state index in [1.165, 1.54) is 13.2 Å². The number of rotatable bonds is 8. The number of hydrogen-bond donors (Lipinski definition) is 1. The van der Waals surface area contributed by atoms with Gasteiger partial charge in [-0.3, -0.25) is 4.79 Å². The van der Waals surface area contributed by atoms with Crippen molar-refractivity contribution in [3.63, 3.8) is 0 Å². The molecule has 0 unspecified atom stereocenters. The van der Waals surface area contributed by atoms with Crippen LogP contribution in [-0.2, 0) is 16.1 Å². The first kappa shape index (κ1) is 15.4. The Kier molecular flexibility index (Phi) is 6.81. The van der Waals surface area contributed by atoms with E-state index in [4.69, 9.17) is 0 Å². The van der Waals surface area contributed by atoms with E-state index in [-0.39, 0.29) is 11.7 Å². The smallest absolute Gasteiger partial charge is 0.387 e. The van der Waals surface area contributed by atoms with E-state index in [0.29, 0.717) is 31.5 Å². The van der Waals surface area contributed by atoms with Gasteiger partial charge in [0.1, 0.15) is 5.75 Å². The lowest BCUT2D eigenvalue weighted by Crippen LogP contribution is -2.17. The highest BCUT2D eigenvalue weighted by atomic mass is 19.3. The van der Waals surface area contributed by atoms with Gasteiger partial charge < -0.3 is 14.8 Å². The average Bonchev–Trinajstić information content (AvgIpc) is 2.39. The van der Waals surface area contributed by atoms with Crippen molar-refractivity contribution in [2.24, 2.45) is 0 Å². The molecule has 106 valence electrons. The van der Waals surface area contributed by atoms with Gasteiger partial charge in [0, 0.05) is 18.5 Å². The van der Waals surface area contributed by atoms with Crippen LogP contribution in [0.3, 0.4) is 0 Å². The average molecular weight is 273 g/mol. The van der Waals surface area contributed by atoms with E-state index in [0.717, 1.165) is 0 Å². The van der Waals surface area contributed by atoms with Gasteiger partial charge in [-0.2, -0.15) is 8.78 Å². The van der Waals surface area contributed by atoms with Gasteiger partial charge in [0.25, 0.3) is 0 Å². The fraction of sp³-hybridized carbons (Fsp3) is 0.462. The molecule has 0 fully saturated rings. The molecule has 1 aromatic carbocycles. The SMILES string of the molecule is COC(=O)CCCNCc1ccccc1OC(F)F. The quantitative estimate of drug-likeness (QED) is 0.583. The summed E-state index contributed by atoms with van der Waals surface area (Å²) in [5.74, 6) is -0.0961. The molecule has 0 aliphatic carbocycles. The van der Waals surface area contributed by atoms with Crippen LogP contribution in [0.2, 0.25) is 0 Å². The molecule has 1 N–H and O–H groups in total. The summed E-state index contributed by atoms with van der Waals surface area (Å²) in [6.45, 7) is -1.83. The summed E-state index contributed by atoms with van der Waals surface area (Å²) in [6, 6.07) is 6.60. The third-order valence-corrected chi connectivity index (χ3v) is 2.47. The molecule has 0 aliphatic rings. The van der Waals surface area contributed by atoms with E-state index in [9.17, 15) is 13.6 Å². The standard InChI is InChI=1S/C13H17F2NO3/c1-18-12(17)7-4-8-16-9-10-5-2-3-6-11(10)19-13(14)15/h2-3,5-6,13,16H,4,7-9H2,1H3. The number of esters is 1. The largest absolute Gasteiger partial charge is 0.469 e. The zero-order valence-electron chi connectivity index (χ0n) is 10.7. The molecule has 0 amide bonds. The highest BCUT2D eigenvalue weighted by Gasteiger charge is 2.08. The lowest BCUT2D eigenvalue weighted by molar-refractivity contribution is -0.140. The molecule has 0 aliphatic heterocycles. The first-order valence-corrected chi connectivity index (χ1v) is 5.93. The van der Waals surface area contributed by atoms with Crippen LogP contribution >= 0.6 is 0 Å². The van der Waals surface area contributed by atoms with Gasteiger partial charge in [0.15, 0.2) is 0 Å². The van der Waals surface area contributed by atoms with Crippen LogP contribution in [0.25, 0.3) is 0 Å².